The van der Waals surface area contributed by atoms with E-state index in [9.17, 15) is 14.4 Å². The summed E-state index contributed by atoms with van der Waals surface area (Å²) >= 11 is 0. The van der Waals surface area contributed by atoms with Crippen LogP contribution < -0.4 is 0 Å². The van der Waals surface area contributed by atoms with Crippen molar-refractivity contribution in [2.24, 2.45) is 0 Å². The van der Waals surface area contributed by atoms with Crippen molar-refractivity contribution in [1.29, 1.82) is 0 Å². The Morgan fingerprint density at radius 2 is 0.651 bits per heavy atom. The van der Waals surface area contributed by atoms with Gasteiger partial charge < -0.3 is 14.2 Å². The number of esters is 3. The number of hydrogen-bond acceptors (Lipinski definition) is 6. The lowest BCUT2D eigenvalue weighted by molar-refractivity contribution is -0.166. The molecule has 360 valence electrons. The zero-order chi connectivity index (χ0) is 45.8. The molecule has 0 radical (unpaired) electrons. The van der Waals surface area contributed by atoms with Crippen molar-refractivity contribution in [1.82, 2.24) is 0 Å². The molecule has 6 nitrogen and oxygen atoms in total. The molecule has 0 aromatic heterocycles. The van der Waals surface area contributed by atoms with E-state index in [0.29, 0.717) is 19.3 Å². The molecule has 0 aromatic carbocycles. The maximum atomic E-state index is 12.7. The van der Waals surface area contributed by atoms with Crippen molar-refractivity contribution in [3.8, 4) is 0 Å². The SMILES string of the molecule is CC/C=C\C/C=C\C/C=C\C/C=C\CCC(=O)OC(COC(=O)CCCCCCCCCCC)COC(=O)CCCCCCCCCC/C=C\C/C=C\C/C=C\CCCCCCC. The lowest BCUT2D eigenvalue weighted by Crippen LogP contribution is -2.30. The van der Waals surface area contributed by atoms with Crippen LogP contribution in [-0.2, 0) is 28.6 Å². The van der Waals surface area contributed by atoms with Gasteiger partial charge in [-0.15, -0.1) is 0 Å². The van der Waals surface area contributed by atoms with Gasteiger partial charge in [0.25, 0.3) is 0 Å². The minimum atomic E-state index is -0.815. The smallest absolute Gasteiger partial charge is 0.306 e. The number of ether oxygens (including phenoxy) is 3. The maximum Gasteiger partial charge on any atom is 0.306 e. The Hall–Kier alpha value is -3.41. The van der Waals surface area contributed by atoms with Crippen LogP contribution in [0.3, 0.4) is 0 Å². The summed E-state index contributed by atoms with van der Waals surface area (Å²) in [5.41, 5.74) is 0. The third-order valence-electron chi connectivity index (χ3n) is 10.9. The Labute approximate surface area is 388 Å². The molecule has 0 saturated carbocycles. The number of allylic oxidation sites excluding steroid dienone is 14. The van der Waals surface area contributed by atoms with Gasteiger partial charge in [-0.05, 0) is 83.5 Å². The summed E-state index contributed by atoms with van der Waals surface area (Å²) in [4.78, 5) is 37.8. The van der Waals surface area contributed by atoms with E-state index in [1.807, 2.05) is 12.2 Å². The van der Waals surface area contributed by atoms with Gasteiger partial charge in [-0.3, -0.25) is 14.4 Å². The molecule has 0 fully saturated rings. The standard InChI is InChI=1S/C57H96O6/c1-4-7-10-13-16-19-21-23-24-25-26-27-28-29-30-31-32-34-35-38-41-44-47-50-56(59)62-53-54(52-61-55(58)49-46-43-40-37-18-15-12-9-6-3)63-57(60)51-48-45-42-39-36-33-22-20-17-14-11-8-5-2/h8,11,17,20-21,23,25-26,28-29,33,36,42,45,54H,4-7,9-10,12-16,18-19,22,24,27,30-32,34-35,37-41,43-44,46-53H2,1-3H3/b11-8-,20-17-,23-21-,26-25-,29-28-,36-33-,45-42-. The highest BCUT2D eigenvalue weighted by Crippen LogP contribution is 2.14. The first-order valence-corrected chi connectivity index (χ1v) is 26.1. The van der Waals surface area contributed by atoms with Crippen LogP contribution in [-0.4, -0.2) is 37.2 Å². The molecular formula is C57H96O6. The summed E-state index contributed by atoms with van der Waals surface area (Å²) in [6.07, 6.45) is 65.9. The molecule has 0 aliphatic rings. The lowest BCUT2D eigenvalue weighted by atomic mass is 10.1. The average molecular weight is 877 g/mol. The van der Waals surface area contributed by atoms with E-state index in [1.165, 1.54) is 109 Å². The molecule has 1 unspecified atom stereocenters. The second-order valence-corrected chi connectivity index (χ2v) is 17.1. The molecule has 0 bridgehead atoms. The molecule has 0 rings (SSSR count). The molecular weight excluding hydrogens is 781 g/mol. The number of carbonyl (C=O) groups excluding carboxylic acids is 3. The molecule has 0 spiro atoms. The topological polar surface area (TPSA) is 78.9 Å². The van der Waals surface area contributed by atoms with Crippen LogP contribution in [0.5, 0.6) is 0 Å². The fourth-order valence-corrected chi connectivity index (χ4v) is 6.99. The fraction of sp³-hybridized carbons (Fsp3) is 0.702. The maximum absolute atomic E-state index is 12.7. The van der Waals surface area contributed by atoms with Crippen molar-refractivity contribution in [2.45, 2.75) is 245 Å². The van der Waals surface area contributed by atoms with Crippen LogP contribution in [0.4, 0.5) is 0 Å². The van der Waals surface area contributed by atoms with Gasteiger partial charge in [0, 0.05) is 19.3 Å². The van der Waals surface area contributed by atoms with Crippen LogP contribution >= 0.6 is 0 Å². The van der Waals surface area contributed by atoms with Gasteiger partial charge in [0.05, 0.1) is 0 Å². The first-order chi connectivity index (χ1) is 31.0. The molecule has 6 heteroatoms. The van der Waals surface area contributed by atoms with E-state index in [0.717, 1.165) is 83.5 Å². The van der Waals surface area contributed by atoms with Crippen LogP contribution in [0.25, 0.3) is 0 Å². The fourth-order valence-electron chi connectivity index (χ4n) is 6.99. The van der Waals surface area contributed by atoms with E-state index in [2.05, 4.69) is 93.7 Å². The van der Waals surface area contributed by atoms with Gasteiger partial charge in [-0.25, -0.2) is 0 Å². The largest absolute Gasteiger partial charge is 0.462 e. The highest BCUT2D eigenvalue weighted by molar-refractivity contribution is 5.71. The van der Waals surface area contributed by atoms with E-state index in [-0.39, 0.29) is 31.6 Å². The lowest BCUT2D eigenvalue weighted by Gasteiger charge is -2.18. The van der Waals surface area contributed by atoms with Crippen molar-refractivity contribution in [2.75, 3.05) is 13.2 Å². The van der Waals surface area contributed by atoms with Gasteiger partial charge in [-0.1, -0.05) is 221 Å². The number of carbonyl (C=O) groups is 3. The second kappa shape index (κ2) is 51.2. The third-order valence-corrected chi connectivity index (χ3v) is 10.9. The third kappa shape index (κ3) is 49.5. The molecule has 0 aliphatic heterocycles. The molecule has 0 aromatic rings. The average Bonchev–Trinajstić information content (AvgIpc) is 3.28. The Kier molecular flexibility index (Phi) is 48.5. The summed E-state index contributed by atoms with van der Waals surface area (Å²) < 4.78 is 16.7. The van der Waals surface area contributed by atoms with Crippen molar-refractivity contribution in [3.63, 3.8) is 0 Å². The highest BCUT2D eigenvalue weighted by atomic mass is 16.6. The summed E-state index contributed by atoms with van der Waals surface area (Å²) in [5.74, 6) is -1.00. The van der Waals surface area contributed by atoms with E-state index < -0.39 is 12.1 Å². The summed E-state index contributed by atoms with van der Waals surface area (Å²) in [5, 5.41) is 0. The predicted octanol–water partition coefficient (Wildman–Crippen LogP) is 17.2. The first kappa shape index (κ1) is 59.6. The molecule has 0 amide bonds. The molecule has 0 heterocycles. The van der Waals surface area contributed by atoms with Crippen LogP contribution in [0.15, 0.2) is 85.1 Å². The van der Waals surface area contributed by atoms with E-state index in [1.54, 1.807) is 0 Å². The molecule has 1 atom stereocenters. The molecule has 0 aliphatic carbocycles. The first-order valence-electron chi connectivity index (χ1n) is 26.1. The summed E-state index contributed by atoms with van der Waals surface area (Å²) in [7, 11) is 0. The number of rotatable bonds is 46. The quantitative estimate of drug-likeness (QED) is 0.0262. The zero-order valence-electron chi connectivity index (χ0n) is 41.1. The monoisotopic (exact) mass is 877 g/mol. The Balaban J connectivity index is 4.33. The minimum absolute atomic E-state index is 0.107. The molecule has 0 N–H and O–H groups in total. The summed E-state index contributed by atoms with van der Waals surface area (Å²) in [6, 6.07) is 0. The predicted molar refractivity (Wildman–Crippen MR) is 270 cm³/mol. The normalized spacial score (nSPS) is 12.7. The Bertz CT molecular complexity index is 1240. The van der Waals surface area contributed by atoms with E-state index >= 15 is 0 Å². The van der Waals surface area contributed by atoms with Gasteiger partial charge in [0.15, 0.2) is 6.10 Å². The van der Waals surface area contributed by atoms with Gasteiger partial charge in [-0.2, -0.15) is 0 Å². The van der Waals surface area contributed by atoms with Crippen molar-refractivity contribution < 1.29 is 28.6 Å². The van der Waals surface area contributed by atoms with Crippen molar-refractivity contribution >= 4 is 17.9 Å². The van der Waals surface area contributed by atoms with Gasteiger partial charge in [0.1, 0.15) is 13.2 Å². The molecule has 63 heavy (non-hydrogen) atoms. The van der Waals surface area contributed by atoms with Crippen LogP contribution in [0, 0.1) is 0 Å². The molecule has 0 saturated heterocycles. The van der Waals surface area contributed by atoms with Crippen LogP contribution in [0.1, 0.15) is 239 Å². The minimum Gasteiger partial charge on any atom is -0.462 e. The van der Waals surface area contributed by atoms with Gasteiger partial charge >= 0.3 is 17.9 Å². The Morgan fingerprint density at radius 3 is 1.03 bits per heavy atom. The van der Waals surface area contributed by atoms with Gasteiger partial charge in [0.2, 0.25) is 0 Å². The highest BCUT2D eigenvalue weighted by Gasteiger charge is 2.19. The second-order valence-electron chi connectivity index (χ2n) is 17.1. The van der Waals surface area contributed by atoms with Crippen molar-refractivity contribution in [3.05, 3.63) is 85.1 Å². The number of unbranched alkanes of at least 4 members (excludes halogenated alkanes) is 21. The zero-order valence-corrected chi connectivity index (χ0v) is 41.1. The summed E-state index contributed by atoms with van der Waals surface area (Å²) in [6.45, 7) is 6.41. The number of hydrogen-bond donors (Lipinski definition) is 0. The van der Waals surface area contributed by atoms with Crippen LogP contribution in [0.2, 0.25) is 0 Å². The Morgan fingerprint density at radius 1 is 0.333 bits per heavy atom. The van der Waals surface area contributed by atoms with E-state index in [4.69, 9.17) is 14.2 Å².